The van der Waals surface area contributed by atoms with Crippen LogP contribution in [0.1, 0.15) is 19.4 Å². The molecule has 1 aromatic carbocycles. The molecule has 1 unspecified atom stereocenters. The molecule has 2 fully saturated rings. The lowest BCUT2D eigenvalue weighted by Crippen LogP contribution is -2.49. The lowest BCUT2D eigenvalue weighted by molar-refractivity contribution is -0.125. The summed E-state index contributed by atoms with van der Waals surface area (Å²) in [6.45, 7) is 8.51. The van der Waals surface area contributed by atoms with Crippen molar-refractivity contribution in [2.24, 2.45) is 17.8 Å². The summed E-state index contributed by atoms with van der Waals surface area (Å²) in [5.74, 6) is 2.39. The standard InChI is InChI=1S/C17H24N2O2/c1-11-6-4-5-7-14(11)21-10-17(2,3)19-16(20)15-12-8-18-9-13(12)15/h4-7,12-13,15,18H,8-10H2,1-3H3,(H,19,20)/t12-,13+,15?. The van der Waals surface area contributed by atoms with Gasteiger partial charge in [0, 0.05) is 5.92 Å². The van der Waals surface area contributed by atoms with Crippen LogP contribution in [-0.4, -0.2) is 31.1 Å². The Morgan fingerprint density at radius 2 is 2.00 bits per heavy atom. The van der Waals surface area contributed by atoms with Gasteiger partial charge >= 0.3 is 0 Å². The van der Waals surface area contributed by atoms with Crippen LogP contribution >= 0.6 is 0 Å². The van der Waals surface area contributed by atoms with Crippen molar-refractivity contribution in [2.75, 3.05) is 19.7 Å². The highest BCUT2D eigenvalue weighted by molar-refractivity contribution is 5.83. The number of benzene rings is 1. The zero-order valence-corrected chi connectivity index (χ0v) is 13.0. The third-order valence-corrected chi connectivity index (χ3v) is 4.54. The number of amides is 1. The second-order valence-electron chi connectivity index (χ2n) is 6.94. The molecule has 3 atom stereocenters. The SMILES string of the molecule is Cc1ccccc1OCC(C)(C)NC(=O)C1[C@H]2CNC[C@@H]12. The van der Waals surface area contributed by atoms with Crippen molar-refractivity contribution in [1.82, 2.24) is 10.6 Å². The molecular formula is C17H24N2O2. The van der Waals surface area contributed by atoms with Gasteiger partial charge in [0.05, 0.1) is 5.54 Å². The fourth-order valence-corrected chi connectivity index (χ4v) is 3.24. The summed E-state index contributed by atoms with van der Waals surface area (Å²) in [7, 11) is 0. The van der Waals surface area contributed by atoms with Crippen LogP contribution in [0.15, 0.2) is 24.3 Å². The van der Waals surface area contributed by atoms with Gasteiger partial charge in [0.15, 0.2) is 0 Å². The molecule has 4 heteroatoms. The Kier molecular flexibility index (Phi) is 3.66. The number of piperidine rings is 1. The van der Waals surface area contributed by atoms with Crippen LogP contribution in [-0.2, 0) is 4.79 Å². The molecule has 1 amide bonds. The fraction of sp³-hybridized carbons (Fsp3) is 0.588. The molecule has 1 heterocycles. The second-order valence-corrected chi connectivity index (χ2v) is 6.94. The highest BCUT2D eigenvalue weighted by Crippen LogP contribution is 2.48. The molecular weight excluding hydrogens is 264 g/mol. The molecule has 2 N–H and O–H groups in total. The van der Waals surface area contributed by atoms with Gasteiger partial charge in [-0.2, -0.15) is 0 Å². The first-order chi connectivity index (χ1) is 9.98. The normalized spacial score (nSPS) is 27.1. The molecule has 1 aliphatic carbocycles. The first-order valence-electron chi connectivity index (χ1n) is 7.69. The largest absolute Gasteiger partial charge is 0.491 e. The van der Waals surface area contributed by atoms with Crippen molar-refractivity contribution < 1.29 is 9.53 Å². The number of rotatable bonds is 5. The summed E-state index contributed by atoms with van der Waals surface area (Å²) >= 11 is 0. The van der Waals surface area contributed by atoms with Gasteiger partial charge in [-0.05, 0) is 57.3 Å². The van der Waals surface area contributed by atoms with Crippen molar-refractivity contribution in [3.05, 3.63) is 29.8 Å². The number of aryl methyl sites for hydroxylation is 1. The molecule has 1 aliphatic heterocycles. The highest BCUT2D eigenvalue weighted by Gasteiger charge is 2.57. The molecule has 0 radical (unpaired) electrons. The maximum absolute atomic E-state index is 12.3. The van der Waals surface area contributed by atoms with E-state index >= 15 is 0 Å². The molecule has 0 spiro atoms. The molecule has 3 rings (SSSR count). The third kappa shape index (κ3) is 3.05. The van der Waals surface area contributed by atoms with Gasteiger partial charge in [0.1, 0.15) is 12.4 Å². The zero-order chi connectivity index (χ0) is 15.0. The molecule has 1 saturated heterocycles. The van der Waals surface area contributed by atoms with Crippen LogP contribution < -0.4 is 15.4 Å². The van der Waals surface area contributed by atoms with Gasteiger partial charge < -0.3 is 15.4 Å². The van der Waals surface area contributed by atoms with Crippen molar-refractivity contribution in [3.8, 4) is 5.75 Å². The molecule has 114 valence electrons. The highest BCUT2D eigenvalue weighted by atomic mass is 16.5. The average Bonchev–Trinajstić information content (AvgIpc) is 2.92. The summed E-state index contributed by atoms with van der Waals surface area (Å²) < 4.78 is 5.87. The van der Waals surface area contributed by atoms with E-state index in [4.69, 9.17) is 4.74 Å². The molecule has 0 bridgehead atoms. The van der Waals surface area contributed by atoms with Crippen molar-refractivity contribution in [1.29, 1.82) is 0 Å². The van der Waals surface area contributed by atoms with E-state index in [1.165, 1.54) is 0 Å². The monoisotopic (exact) mass is 288 g/mol. The molecule has 2 aliphatic rings. The molecule has 21 heavy (non-hydrogen) atoms. The Hall–Kier alpha value is -1.55. The number of ether oxygens (including phenoxy) is 1. The smallest absolute Gasteiger partial charge is 0.224 e. The van der Waals surface area contributed by atoms with E-state index in [9.17, 15) is 4.79 Å². The quantitative estimate of drug-likeness (QED) is 0.867. The van der Waals surface area contributed by atoms with E-state index in [0.717, 1.165) is 24.4 Å². The van der Waals surface area contributed by atoms with Gasteiger partial charge in [-0.15, -0.1) is 0 Å². The minimum atomic E-state index is -0.357. The van der Waals surface area contributed by atoms with E-state index in [0.29, 0.717) is 18.4 Å². The summed E-state index contributed by atoms with van der Waals surface area (Å²) in [6.07, 6.45) is 0. The Morgan fingerprint density at radius 1 is 1.33 bits per heavy atom. The van der Waals surface area contributed by atoms with Gasteiger partial charge in [0.2, 0.25) is 5.91 Å². The number of hydrogen-bond acceptors (Lipinski definition) is 3. The molecule has 0 aromatic heterocycles. The molecule has 1 saturated carbocycles. The first-order valence-corrected chi connectivity index (χ1v) is 7.69. The third-order valence-electron chi connectivity index (χ3n) is 4.54. The maximum atomic E-state index is 12.3. The first kappa shape index (κ1) is 14.4. The van der Waals surface area contributed by atoms with Crippen LogP contribution in [0.3, 0.4) is 0 Å². The van der Waals surface area contributed by atoms with Gasteiger partial charge in [-0.1, -0.05) is 18.2 Å². The van der Waals surface area contributed by atoms with E-state index in [1.807, 2.05) is 45.0 Å². The van der Waals surface area contributed by atoms with Crippen LogP contribution in [0.5, 0.6) is 5.75 Å². The van der Waals surface area contributed by atoms with E-state index in [2.05, 4.69) is 10.6 Å². The Bertz CT molecular complexity index is 531. The predicted octanol–water partition coefficient (Wildman–Crippen LogP) is 1.73. The maximum Gasteiger partial charge on any atom is 0.224 e. The molecule has 1 aromatic rings. The van der Waals surface area contributed by atoms with Crippen LogP contribution in [0.4, 0.5) is 0 Å². The van der Waals surface area contributed by atoms with E-state index in [1.54, 1.807) is 0 Å². The van der Waals surface area contributed by atoms with Crippen molar-refractivity contribution >= 4 is 5.91 Å². The minimum absolute atomic E-state index is 0.185. The van der Waals surface area contributed by atoms with Crippen molar-refractivity contribution in [2.45, 2.75) is 26.3 Å². The molecule has 4 nitrogen and oxygen atoms in total. The Balaban J connectivity index is 1.52. The Morgan fingerprint density at radius 3 is 2.67 bits per heavy atom. The number of carbonyl (C=O) groups is 1. The van der Waals surface area contributed by atoms with Gasteiger partial charge in [-0.25, -0.2) is 0 Å². The van der Waals surface area contributed by atoms with Crippen molar-refractivity contribution in [3.63, 3.8) is 0 Å². The number of carbonyl (C=O) groups excluding carboxylic acids is 1. The Labute approximate surface area is 126 Å². The minimum Gasteiger partial charge on any atom is -0.491 e. The number of para-hydroxylation sites is 1. The van der Waals surface area contributed by atoms with E-state index in [-0.39, 0.29) is 17.4 Å². The van der Waals surface area contributed by atoms with Crippen LogP contribution in [0, 0.1) is 24.7 Å². The summed E-state index contributed by atoms with van der Waals surface area (Å²) in [5, 5.41) is 6.46. The number of hydrogen-bond donors (Lipinski definition) is 2. The number of fused-ring (bicyclic) bond motifs is 1. The van der Waals surface area contributed by atoms with Gasteiger partial charge in [0.25, 0.3) is 0 Å². The predicted molar refractivity (Wildman–Crippen MR) is 82.2 cm³/mol. The second kappa shape index (κ2) is 5.34. The summed E-state index contributed by atoms with van der Waals surface area (Å²) in [6, 6.07) is 7.95. The summed E-state index contributed by atoms with van der Waals surface area (Å²) in [5.41, 5.74) is 0.756. The fourth-order valence-electron chi connectivity index (χ4n) is 3.24. The van der Waals surface area contributed by atoms with Gasteiger partial charge in [-0.3, -0.25) is 4.79 Å². The lowest BCUT2D eigenvalue weighted by Gasteiger charge is -2.27. The average molecular weight is 288 g/mol. The van der Waals surface area contributed by atoms with Crippen LogP contribution in [0.2, 0.25) is 0 Å². The van der Waals surface area contributed by atoms with E-state index < -0.39 is 0 Å². The zero-order valence-electron chi connectivity index (χ0n) is 13.0. The number of nitrogens with one attached hydrogen (secondary N) is 2. The topological polar surface area (TPSA) is 50.4 Å². The summed E-state index contributed by atoms with van der Waals surface area (Å²) in [4.78, 5) is 12.3. The lowest BCUT2D eigenvalue weighted by atomic mass is 10.1. The van der Waals surface area contributed by atoms with Crippen LogP contribution in [0.25, 0.3) is 0 Å².